The van der Waals surface area contributed by atoms with Gasteiger partial charge in [0.2, 0.25) is 0 Å². The fourth-order valence-corrected chi connectivity index (χ4v) is 5.81. The molecule has 0 radical (unpaired) electrons. The second kappa shape index (κ2) is 7.67. The number of anilines is 1. The van der Waals surface area contributed by atoms with E-state index in [2.05, 4.69) is 12.2 Å². The smallest absolute Gasteiger partial charge is 0.256 e. The van der Waals surface area contributed by atoms with E-state index in [0.717, 1.165) is 29.7 Å². The minimum Gasteiger partial charge on any atom is -0.365 e. The van der Waals surface area contributed by atoms with E-state index in [1.807, 2.05) is 0 Å². The minimum atomic E-state index is -3.39. The van der Waals surface area contributed by atoms with Gasteiger partial charge in [0, 0.05) is 10.4 Å². The van der Waals surface area contributed by atoms with Crippen molar-refractivity contribution in [3.8, 4) is 0 Å². The highest BCUT2D eigenvalue weighted by atomic mass is 32.2. The lowest BCUT2D eigenvalue weighted by atomic mass is 9.88. The van der Waals surface area contributed by atoms with Crippen LogP contribution in [0.3, 0.4) is 0 Å². The molecule has 0 spiro atoms. The Bertz CT molecular complexity index is 1020. The van der Waals surface area contributed by atoms with Gasteiger partial charge in [-0.05, 0) is 68.9 Å². The number of nitrogens with two attached hydrogens (primary N) is 1. The molecule has 1 atom stereocenters. The molecule has 28 heavy (non-hydrogen) atoms. The third-order valence-corrected chi connectivity index (χ3v) is 8.39. The predicted molar refractivity (Wildman–Crippen MR) is 111 cm³/mol. The molecule has 1 aromatic carbocycles. The zero-order chi connectivity index (χ0) is 20.6. The van der Waals surface area contributed by atoms with Gasteiger partial charge in [0.15, 0.2) is 9.84 Å². The zero-order valence-corrected chi connectivity index (χ0v) is 17.7. The summed E-state index contributed by atoms with van der Waals surface area (Å²) in [5.74, 6) is -0.408. The highest BCUT2D eigenvalue weighted by molar-refractivity contribution is 7.92. The largest absolute Gasteiger partial charge is 0.365 e. The molecule has 3 rings (SSSR count). The van der Waals surface area contributed by atoms with Crippen LogP contribution in [0.15, 0.2) is 29.2 Å². The lowest BCUT2D eigenvalue weighted by molar-refractivity contribution is 0.1000. The van der Waals surface area contributed by atoms with Gasteiger partial charge in [-0.15, -0.1) is 11.3 Å². The molecule has 3 N–H and O–H groups in total. The predicted octanol–water partition coefficient (Wildman–Crippen LogP) is 3.41. The number of hydrogen-bond donors (Lipinski definition) is 2. The normalized spacial score (nSPS) is 16.6. The van der Waals surface area contributed by atoms with Gasteiger partial charge in [0.1, 0.15) is 5.00 Å². The number of carbonyl (C=O) groups is 2. The fourth-order valence-electron chi connectivity index (χ4n) is 3.34. The Morgan fingerprint density at radius 2 is 1.86 bits per heavy atom. The Labute approximate surface area is 169 Å². The molecule has 150 valence electrons. The van der Waals surface area contributed by atoms with Gasteiger partial charge in [-0.1, -0.05) is 6.92 Å². The van der Waals surface area contributed by atoms with E-state index in [1.165, 1.54) is 35.6 Å². The number of thiophene rings is 1. The quantitative estimate of drug-likeness (QED) is 0.773. The van der Waals surface area contributed by atoms with Crippen molar-refractivity contribution in [3.63, 3.8) is 0 Å². The lowest BCUT2D eigenvalue weighted by Crippen LogP contribution is -2.19. The standard InChI is InChI=1S/C20H24N2O4S2/c1-11(2)28(25,26)14-7-5-13(6-8-14)19(24)22-20-17(18(21)23)15-9-4-12(3)10-16(15)27-20/h5-8,11-12H,4,9-10H2,1-3H3,(H2,21,23)(H,22,24)/t12-/m1/s1. The van der Waals surface area contributed by atoms with E-state index < -0.39 is 26.9 Å². The van der Waals surface area contributed by atoms with E-state index in [1.54, 1.807) is 13.8 Å². The number of primary amides is 1. The summed E-state index contributed by atoms with van der Waals surface area (Å²) < 4.78 is 24.4. The summed E-state index contributed by atoms with van der Waals surface area (Å²) in [4.78, 5) is 25.9. The van der Waals surface area contributed by atoms with Crippen LogP contribution >= 0.6 is 11.3 Å². The molecule has 0 unspecified atom stereocenters. The number of nitrogens with one attached hydrogen (secondary N) is 1. The SMILES string of the molecule is CC(C)S(=O)(=O)c1ccc(C(=O)Nc2sc3c(c2C(N)=O)CC[C@@H](C)C3)cc1. The topological polar surface area (TPSA) is 106 Å². The van der Waals surface area contributed by atoms with Crippen molar-refractivity contribution < 1.29 is 18.0 Å². The first-order chi connectivity index (χ1) is 13.1. The van der Waals surface area contributed by atoms with Crippen LogP contribution in [0.25, 0.3) is 0 Å². The summed E-state index contributed by atoms with van der Waals surface area (Å²) in [6.07, 6.45) is 2.64. The third kappa shape index (κ3) is 3.84. The molecule has 0 saturated carbocycles. The molecule has 2 amide bonds. The molecule has 0 aliphatic heterocycles. The van der Waals surface area contributed by atoms with Crippen molar-refractivity contribution in [3.05, 3.63) is 45.8 Å². The number of amides is 2. The molecule has 0 saturated heterocycles. The van der Waals surface area contributed by atoms with Crippen LogP contribution < -0.4 is 11.1 Å². The second-order valence-corrected chi connectivity index (χ2v) is 11.1. The van der Waals surface area contributed by atoms with Gasteiger partial charge >= 0.3 is 0 Å². The Kier molecular flexibility index (Phi) is 5.63. The molecular weight excluding hydrogens is 396 g/mol. The number of benzene rings is 1. The first-order valence-electron chi connectivity index (χ1n) is 9.21. The molecule has 0 fully saturated rings. The number of sulfone groups is 1. The monoisotopic (exact) mass is 420 g/mol. The average molecular weight is 421 g/mol. The zero-order valence-electron chi connectivity index (χ0n) is 16.1. The summed E-state index contributed by atoms with van der Waals surface area (Å²) in [6, 6.07) is 5.81. The van der Waals surface area contributed by atoms with Crippen LogP contribution in [0.1, 0.15) is 58.3 Å². The highest BCUT2D eigenvalue weighted by Gasteiger charge is 2.27. The van der Waals surface area contributed by atoms with Crippen LogP contribution in [0.4, 0.5) is 5.00 Å². The highest BCUT2D eigenvalue weighted by Crippen LogP contribution is 2.39. The maximum Gasteiger partial charge on any atom is 0.256 e. The van der Waals surface area contributed by atoms with E-state index >= 15 is 0 Å². The Morgan fingerprint density at radius 1 is 1.21 bits per heavy atom. The molecular formula is C20H24N2O4S2. The van der Waals surface area contributed by atoms with Crippen molar-refractivity contribution >= 4 is 38.0 Å². The van der Waals surface area contributed by atoms with Crippen LogP contribution in [-0.2, 0) is 22.7 Å². The van der Waals surface area contributed by atoms with Gasteiger partial charge in [-0.25, -0.2) is 8.42 Å². The van der Waals surface area contributed by atoms with Crippen LogP contribution in [0.5, 0.6) is 0 Å². The maximum atomic E-state index is 12.7. The number of carbonyl (C=O) groups excluding carboxylic acids is 2. The van der Waals surface area contributed by atoms with Gasteiger partial charge in [-0.2, -0.15) is 0 Å². The number of rotatable bonds is 5. The average Bonchev–Trinajstić information content (AvgIpc) is 2.98. The van der Waals surface area contributed by atoms with Crippen molar-refractivity contribution in [2.45, 2.75) is 50.2 Å². The van der Waals surface area contributed by atoms with E-state index in [4.69, 9.17) is 5.73 Å². The van der Waals surface area contributed by atoms with E-state index in [-0.39, 0.29) is 4.90 Å². The first-order valence-corrected chi connectivity index (χ1v) is 11.6. The summed E-state index contributed by atoms with van der Waals surface area (Å²) in [7, 11) is -3.39. The Balaban J connectivity index is 1.87. The van der Waals surface area contributed by atoms with Crippen molar-refractivity contribution in [1.82, 2.24) is 0 Å². The molecule has 8 heteroatoms. The van der Waals surface area contributed by atoms with Crippen LogP contribution in [-0.4, -0.2) is 25.5 Å². The van der Waals surface area contributed by atoms with E-state index in [0.29, 0.717) is 22.0 Å². The van der Waals surface area contributed by atoms with Gasteiger partial charge in [0.25, 0.3) is 11.8 Å². The number of fused-ring (bicyclic) bond motifs is 1. The first kappa shape index (κ1) is 20.5. The Morgan fingerprint density at radius 3 is 2.43 bits per heavy atom. The van der Waals surface area contributed by atoms with Gasteiger partial charge < -0.3 is 11.1 Å². The molecule has 6 nitrogen and oxygen atoms in total. The minimum absolute atomic E-state index is 0.178. The van der Waals surface area contributed by atoms with Gasteiger partial charge in [0.05, 0.1) is 15.7 Å². The fraction of sp³-hybridized carbons (Fsp3) is 0.400. The van der Waals surface area contributed by atoms with Crippen molar-refractivity contribution in [1.29, 1.82) is 0 Å². The maximum absolute atomic E-state index is 12.7. The van der Waals surface area contributed by atoms with Crippen molar-refractivity contribution in [2.24, 2.45) is 11.7 Å². The Hall–Kier alpha value is -2.19. The molecule has 1 heterocycles. The molecule has 2 aromatic rings. The molecule has 1 aromatic heterocycles. The summed E-state index contributed by atoms with van der Waals surface area (Å²) >= 11 is 1.40. The van der Waals surface area contributed by atoms with E-state index in [9.17, 15) is 18.0 Å². The summed E-state index contributed by atoms with van der Waals surface area (Å²) in [5.41, 5.74) is 7.25. The summed E-state index contributed by atoms with van der Waals surface area (Å²) in [6.45, 7) is 5.39. The molecule has 1 aliphatic rings. The number of hydrogen-bond acceptors (Lipinski definition) is 5. The molecule has 0 bridgehead atoms. The third-order valence-electron chi connectivity index (χ3n) is 5.05. The van der Waals surface area contributed by atoms with Crippen LogP contribution in [0.2, 0.25) is 0 Å². The lowest BCUT2D eigenvalue weighted by Gasteiger charge is -2.18. The van der Waals surface area contributed by atoms with Crippen molar-refractivity contribution in [2.75, 3.05) is 5.32 Å². The van der Waals surface area contributed by atoms with Crippen LogP contribution in [0, 0.1) is 5.92 Å². The van der Waals surface area contributed by atoms with Gasteiger partial charge in [-0.3, -0.25) is 9.59 Å². The summed E-state index contributed by atoms with van der Waals surface area (Å²) in [5, 5.41) is 2.72. The second-order valence-electron chi connectivity index (χ2n) is 7.49. The molecule has 1 aliphatic carbocycles.